The first kappa shape index (κ1) is 20.3. The molecule has 0 spiro atoms. The number of hydrogen-bond donors (Lipinski definition) is 0. The van der Waals surface area contributed by atoms with Crippen LogP contribution in [-0.2, 0) is 4.79 Å². The third-order valence-electron chi connectivity index (χ3n) is 0.763. The average Bonchev–Trinajstić information content (AvgIpc) is 1.87. The number of carbonyl (C=O) groups is 1. The van der Waals surface area contributed by atoms with E-state index < -0.39 is 5.97 Å². The van der Waals surface area contributed by atoms with E-state index in [0.717, 1.165) is 6.92 Å². The van der Waals surface area contributed by atoms with E-state index in [9.17, 15) is 0 Å². The van der Waals surface area contributed by atoms with Crippen molar-refractivity contribution in [3.05, 3.63) is 30.1 Å². The molecule has 0 N–H and O–H groups in total. The molecule has 0 amide bonds. The van der Waals surface area contributed by atoms with Gasteiger partial charge in [-0.15, -0.1) is 5.56 Å². The van der Waals surface area contributed by atoms with Gasteiger partial charge in [0.05, 0.1) is 0 Å². The molecule has 0 saturated heterocycles. The Kier molecular flexibility index (Phi) is 21.7. The largest absolute Gasteiger partial charge is 1.00 e. The van der Waals surface area contributed by atoms with Crippen LogP contribution in [0.5, 0.6) is 0 Å². The van der Waals surface area contributed by atoms with Gasteiger partial charge in [-0.05, 0) is 6.92 Å². The van der Waals surface area contributed by atoms with Gasteiger partial charge >= 0.3 is 103 Å². The Hall–Kier alpha value is 1.89. The van der Waals surface area contributed by atoms with Crippen molar-refractivity contribution in [2.75, 3.05) is 0 Å². The summed E-state index contributed by atoms with van der Waals surface area (Å²) < 4.78 is 0. The number of aliphatic carboxylic acids is 1. The summed E-state index contributed by atoms with van der Waals surface area (Å²) in [4.78, 5) is 12.6. The summed E-state index contributed by atoms with van der Waals surface area (Å²) in [5.74, 6) is -1.08. The monoisotopic (exact) mass is 229 g/mol. The normalized spacial score (nSPS) is 6.62. The van der Waals surface area contributed by atoms with Gasteiger partial charge in [0.25, 0.3) is 0 Å². The second-order valence-electron chi connectivity index (χ2n) is 1.96. The molecule has 13 heavy (non-hydrogen) atoms. The summed E-state index contributed by atoms with van der Waals surface area (Å²) in [6, 6.07) is 3.77. The molecule has 0 radical (unpaired) electrons. The van der Waals surface area contributed by atoms with Crippen LogP contribution in [0.3, 0.4) is 0 Å². The average molecular weight is 229 g/mol. The van der Waals surface area contributed by atoms with Crippen LogP contribution in [0.15, 0.2) is 18.3 Å². The number of aromatic nitrogens is 1. The molecule has 0 aromatic carbocycles. The molecule has 0 bridgehead atoms. The van der Waals surface area contributed by atoms with E-state index in [1.54, 1.807) is 12.3 Å². The molecule has 1 aromatic rings. The van der Waals surface area contributed by atoms with Crippen LogP contribution in [-0.4, -0.2) is 11.0 Å². The quantitative estimate of drug-likeness (QED) is 0.329. The molecule has 0 unspecified atom stereocenters. The smallest absolute Gasteiger partial charge is 0.550 e. The Bertz CT molecular complexity index is 213. The number of nitrogens with zero attached hydrogens (tertiary/aromatic N) is 1. The maximum atomic E-state index is 8.89. The van der Waals surface area contributed by atoms with Gasteiger partial charge in [-0.1, -0.05) is 19.3 Å². The zero-order chi connectivity index (χ0) is 8.69. The summed E-state index contributed by atoms with van der Waals surface area (Å²) in [6.45, 7) is 2.97. The third-order valence-corrected chi connectivity index (χ3v) is 0.763. The van der Waals surface area contributed by atoms with Crippen molar-refractivity contribution >= 4 is 5.97 Å². The fourth-order valence-electron chi connectivity index (χ4n) is 0.394. The number of pyridine rings is 1. The summed E-state index contributed by atoms with van der Waals surface area (Å²) >= 11 is 0. The van der Waals surface area contributed by atoms with Gasteiger partial charge in [-0.2, -0.15) is 12.1 Å². The molecule has 0 aliphatic rings. The van der Waals surface area contributed by atoms with E-state index >= 15 is 0 Å². The van der Waals surface area contributed by atoms with Crippen LogP contribution < -0.4 is 108 Å². The van der Waals surface area contributed by atoms with Gasteiger partial charge in [-0.25, -0.2) is 0 Å². The molecule has 1 heterocycles. The number of carbonyl (C=O) groups excluding carboxylic acids is 1. The molecule has 0 fully saturated rings. The van der Waals surface area contributed by atoms with Crippen LogP contribution in [0, 0.1) is 13.1 Å². The summed E-state index contributed by atoms with van der Waals surface area (Å²) in [7, 11) is 0. The van der Waals surface area contributed by atoms with Gasteiger partial charge in [0, 0.05) is 5.97 Å². The Labute approximate surface area is 164 Å². The fraction of sp³-hybridized carbons (Fsp3) is 0.250. The van der Waals surface area contributed by atoms with Gasteiger partial charge in [0.1, 0.15) is 0 Å². The first-order chi connectivity index (χ1) is 5.13. The van der Waals surface area contributed by atoms with Gasteiger partial charge in [0.15, 0.2) is 0 Å². The predicted molar refractivity (Wildman–Crippen MR) is 38.5 cm³/mol. The standard InChI is InChI=1S/C6H6N.C2H4O2.2K/c1-6-3-2-4-7-5-6;1-2(3)4;;/h2-3,5H,1H3;1H3,(H,3,4);;/q-1;;2*+1/p-1. The topological polar surface area (TPSA) is 53.0 Å². The van der Waals surface area contributed by atoms with Crippen molar-refractivity contribution < 1.29 is 113 Å². The summed E-state index contributed by atoms with van der Waals surface area (Å²) in [6.07, 6.45) is 4.46. The molecule has 1 rings (SSSR count). The van der Waals surface area contributed by atoms with E-state index in [4.69, 9.17) is 9.90 Å². The van der Waals surface area contributed by atoms with E-state index in [1.807, 2.05) is 13.0 Å². The Morgan fingerprint density at radius 2 is 2.00 bits per heavy atom. The zero-order valence-electron chi connectivity index (χ0n) is 8.50. The number of carboxylic acids is 1. The SMILES string of the molecule is CC(=O)[O-].Cc1cc[c-]nc1.[K+].[K+]. The summed E-state index contributed by atoms with van der Waals surface area (Å²) in [5.41, 5.74) is 1.18. The van der Waals surface area contributed by atoms with Gasteiger partial charge < -0.3 is 14.9 Å². The van der Waals surface area contributed by atoms with Crippen molar-refractivity contribution in [3.63, 3.8) is 0 Å². The zero-order valence-corrected chi connectivity index (χ0v) is 14.7. The molecule has 0 saturated carbocycles. The van der Waals surface area contributed by atoms with Crippen LogP contribution in [0.4, 0.5) is 0 Å². The van der Waals surface area contributed by atoms with E-state index in [2.05, 4.69) is 11.2 Å². The van der Waals surface area contributed by atoms with Gasteiger partial charge in [-0.3, -0.25) is 0 Å². The van der Waals surface area contributed by atoms with Crippen molar-refractivity contribution in [1.82, 2.24) is 4.98 Å². The first-order valence-corrected chi connectivity index (χ1v) is 3.09. The van der Waals surface area contributed by atoms with Gasteiger partial charge in [0.2, 0.25) is 0 Å². The second-order valence-corrected chi connectivity index (χ2v) is 1.96. The third kappa shape index (κ3) is 20.1. The number of rotatable bonds is 0. The molecular formula is C8H9K2NO2. The van der Waals surface area contributed by atoms with E-state index in [1.165, 1.54) is 5.56 Å². The van der Waals surface area contributed by atoms with Crippen molar-refractivity contribution in [2.45, 2.75) is 13.8 Å². The minimum Gasteiger partial charge on any atom is -0.550 e. The fourth-order valence-corrected chi connectivity index (χ4v) is 0.394. The predicted octanol–water partition coefficient (Wildman–Crippen LogP) is -6.05. The Morgan fingerprint density at radius 3 is 2.15 bits per heavy atom. The Balaban J connectivity index is -0.000000150. The molecule has 0 aliphatic heterocycles. The summed E-state index contributed by atoms with van der Waals surface area (Å²) in [5, 5.41) is 8.89. The van der Waals surface area contributed by atoms with Crippen molar-refractivity contribution in [2.24, 2.45) is 0 Å². The van der Waals surface area contributed by atoms with Crippen molar-refractivity contribution in [3.8, 4) is 0 Å². The molecule has 5 heteroatoms. The second kappa shape index (κ2) is 13.9. The molecule has 1 aromatic heterocycles. The van der Waals surface area contributed by atoms with E-state index in [-0.39, 0.29) is 103 Å². The van der Waals surface area contributed by atoms with Crippen LogP contribution >= 0.6 is 0 Å². The number of carboxylic acid groups (broad SMARTS) is 1. The minimum atomic E-state index is -1.08. The maximum Gasteiger partial charge on any atom is 1.00 e. The number of aryl methyl sites for hydroxylation is 1. The number of hydrogen-bond acceptors (Lipinski definition) is 3. The van der Waals surface area contributed by atoms with Crippen LogP contribution in [0.1, 0.15) is 12.5 Å². The maximum absolute atomic E-state index is 8.89. The minimum absolute atomic E-state index is 0. The molecular weight excluding hydrogens is 220 g/mol. The van der Waals surface area contributed by atoms with Crippen LogP contribution in [0.25, 0.3) is 0 Å². The van der Waals surface area contributed by atoms with Crippen molar-refractivity contribution in [1.29, 1.82) is 0 Å². The van der Waals surface area contributed by atoms with E-state index in [0.29, 0.717) is 0 Å². The molecule has 0 atom stereocenters. The Morgan fingerprint density at radius 1 is 1.54 bits per heavy atom. The first-order valence-electron chi connectivity index (χ1n) is 3.09. The molecule has 0 aliphatic carbocycles. The molecule has 3 nitrogen and oxygen atoms in total. The molecule has 60 valence electrons. The van der Waals surface area contributed by atoms with Crippen LogP contribution in [0.2, 0.25) is 0 Å².